The molecule has 26 heavy (non-hydrogen) atoms. The van der Waals surface area contributed by atoms with Crippen LogP contribution in [-0.4, -0.2) is 37.8 Å². The van der Waals surface area contributed by atoms with Crippen molar-refractivity contribution in [3.8, 4) is 0 Å². The summed E-state index contributed by atoms with van der Waals surface area (Å²) in [6, 6.07) is 6.98. The van der Waals surface area contributed by atoms with Gasteiger partial charge in [-0.2, -0.15) is 4.31 Å². The van der Waals surface area contributed by atoms with Crippen molar-refractivity contribution in [2.45, 2.75) is 70.7 Å². The van der Waals surface area contributed by atoms with Crippen LogP contribution in [0, 0.1) is 12.3 Å². The number of nitrogens with zero attached hydrogens (tertiary/aromatic N) is 1. The van der Waals surface area contributed by atoms with Gasteiger partial charge in [0.15, 0.2) is 0 Å². The SMILES string of the molecule is Cc1ccc(S(=O)(=O)N2CCCCC2CCNC(=O)CC(C)(C)C)cc1. The van der Waals surface area contributed by atoms with Gasteiger partial charge < -0.3 is 5.32 Å². The molecule has 146 valence electrons. The highest BCUT2D eigenvalue weighted by atomic mass is 32.2. The second-order valence-electron chi connectivity index (χ2n) is 8.45. The Bertz CT molecular complexity index is 706. The smallest absolute Gasteiger partial charge is 0.243 e. The van der Waals surface area contributed by atoms with Crippen molar-refractivity contribution in [3.63, 3.8) is 0 Å². The number of piperidine rings is 1. The summed E-state index contributed by atoms with van der Waals surface area (Å²) in [6.45, 7) is 9.10. The fraction of sp³-hybridized carbons (Fsp3) is 0.650. The van der Waals surface area contributed by atoms with Crippen molar-refractivity contribution in [2.24, 2.45) is 5.41 Å². The van der Waals surface area contributed by atoms with E-state index in [1.54, 1.807) is 16.4 Å². The Morgan fingerprint density at radius 1 is 1.19 bits per heavy atom. The van der Waals surface area contributed by atoms with Crippen LogP contribution in [0.25, 0.3) is 0 Å². The number of hydrogen-bond donors (Lipinski definition) is 1. The molecule has 0 bridgehead atoms. The number of rotatable bonds is 6. The summed E-state index contributed by atoms with van der Waals surface area (Å²) in [5.74, 6) is 0.0289. The summed E-state index contributed by atoms with van der Waals surface area (Å²) in [4.78, 5) is 12.3. The van der Waals surface area contributed by atoms with Crippen molar-refractivity contribution < 1.29 is 13.2 Å². The molecule has 1 N–H and O–H groups in total. The first-order valence-electron chi connectivity index (χ1n) is 9.45. The second-order valence-corrected chi connectivity index (χ2v) is 10.3. The highest BCUT2D eigenvalue weighted by Crippen LogP contribution is 2.27. The maximum absolute atomic E-state index is 13.0. The van der Waals surface area contributed by atoms with Gasteiger partial charge >= 0.3 is 0 Å². The fourth-order valence-corrected chi connectivity index (χ4v) is 5.07. The molecule has 0 aliphatic carbocycles. The maximum Gasteiger partial charge on any atom is 0.243 e. The summed E-state index contributed by atoms with van der Waals surface area (Å²) in [6.07, 6.45) is 3.89. The molecule has 0 radical (unpaired) electrons. The van der Waals surface area contributed by atoms with Gasteiger partial charge in [-0.25, -0.2) is 8.42 Å². The van der Waals surface area contributed by atoms with Crippen molar-refractivity contribution in [1.29, 1.82) is 0 Å². The Morgan fingerprint density at radius 3 is 2.46 bits per heavy atom. The molecular formula is C20H32N2O3S. The Kier molecular flexibility index (Phi) is 6.86. The van der Waals surface area contributed by atoms with Gasteiger partial charge in [-0.1, -0.05) is 44.9 Å². The monoisotopic (exact) mass is 380 g/mol. The first-order valence-corrected chi connectivity index (χ1v) is 10.9. The van der Waals surface area contributed by atoms with Gasteiger partial charge in [0.2, 0.25) is 15.9 Å². The number of carbonyl (C=O) groups is 1. The lowest BCUT2D eigenvalue weighted by Crippen LogP contribution is -2.45. The van der Waals surface area contributed by atoms with Crippen LogP contribution >= 0.6 is 0 Å². The zero-order valence-electron chi connectivity index (χ0n) is 16.4. The molecule has 2 rings (SSSR count). The van der Waals surface area contributed by atoms with Crippen LogP contribution < -0.4 is 5.32 Å². The van der Waals surface area contributed by atoms with Crippen molar-refractivity contribution in [3.05, 3.63) is 29.8 Å². The molecule has 0 aromatic heterocycles. The van der Waals surface area contributed by atoms with Crippen molar-refractivity contribution in [1.82, 2.24) is 9.62 Å². The minimum Gasteiger partial charge on any atom is -0.356 e. The number of hydrogen-bond acceptors (Lipinski definition) is 3. The number of nitrogens with one attached hydrogen (secondary N) is 1. The normalized spacial score (nSPS) is 19.3. The van der Waals surface area contributed by atoms with Crippen molar-refractivity contribution in [2.75, 3.05) is 13.1 Å². The summed E-state index contributed by atoms with van der Waals surface area (Å²) in [5.41, 5.74) is 0.996. The first-order chi connectivity index (χ1) is 12.1. The van der Waals surface area contributed by atoms with E-state index < -0.39 is 10.0 Å². The maximum atomic E-state index is 13.0. The fourth-order valence-electron chi connectivity index (χ4n) is 3.35. The highest BCUT2D eigenvalue weighted by molar-refractivity contribution is 7.89. The van der Waals surface area contributed by atoms with Crippen LogP contribution in [0.1, 0.15) is 58.4 Å². The molecule has 1 amide bonds. The van der Waals surface area contributed by atoms with Gasteiger partial charge in [0, 0.05) is 25.6 Å². The van der Waals surface area contributed by atoms with Crippen molar-refractivity contribution >= 4 is 15.9 Å². The van der Waals surface area contributed by atoms with Gasteiger partial charge in [0.25, 0.3) is 0 Å². The predicted molar refractivity (Wildman–Crippen MR) is 104 cm³/mol. The van der Waals surface area contributed by atoms with Gasteiger partial charge in [-0.15, -0.1) is 0 Å². The molecule has 0 spiro atoms. The average Bonchev–Trinajstić information content (AvgIpc) is 2.54. The third kappa shape index (κ3) is 5.81. The molecule has 6 heteroatoms. The molecular weight excluding hydrogens is 348 g/mol. The van der Waals surface area contributed by atoms with E-state index >= 15 is 0 Å². The summed E-state index contributed by atoms with van der Waals surface area (Å²) in [7, 11) is -3.49. The number of amides is 1. The van der Waals surface area contributed by atoms with Gasteiger partial charge in [0.05, 0.1) is 4.90 Å². The third-order valence-electron chi connectivity index (χ3n) is 4.69. The summed E-state index contributed by atoms with van der Waals surface area (Å²) in [5, 5.41) is 2.95. The molecule has 1 heterocycles. The van der Waals surface area contributed by atoms with E-state index in [0.29, 0.717) is 30.8 Å². The van der Waals surface area contributed by atoms with Crippen LogP contribution in [-0.2, 0) is 14.8 Å². The predicted octanol–water partition coefficient (Wildman–Crippen LogP) is 3.48. The number of aryl methyl sites for hydroxylation is 1. The Balaban J connectivity index is 2.01. The number of benzene rings is 1. The van der Waals surface area contributed by atoms with E-state index in [0.717, 1.165) is 24.8 Å². The Morgan fingerprint density at radius 2 is 1.85 bits per heavy atom. The number of carbonyl (C=O) groups excluding carboxylic acids is 1. The van der Waals surface area contributed by atoms with Crippen LogP contribution in [0.2, 0.25) is 0 Å². The zero-order valence-corrected chi connectivity index (χ0v) is 17.2. The molecule has 1 aliphatic rings. The second kappa shape index (κ2) is 8.53. The molecule has 1 atom stereocenters. The molecule has 0 saturated carbocycles. The van der Waals surface area contributed by atoms with Crippen LogP contribution in [0.15, 0.2) is 29.2 Å². The lowest BCUT2D eigenvalue weighted by atomic mass is 9.92. The molecule has 1 aromatic rings. The van der Waals surface area contributed by atoms with Crippen LogP contribution in [0.5, 0.6) is 0 Å². The Labute approximate surface area is 158 Å². The molecule has 1 fully saturated rings. The zero-order chi connectivity index (χ0) is 19.4. The van der Waals surface area contributed by atoms with Crippen LogP contribution in [0.3, 0.4) is 0 Å². The lowest BCUT2D eigenvalue weighted by Gasteiger charge is -2.35. The van der Waals surface area contributed by atoms with Gasteiger partial charge in [-0.05, 0) is 43.7 Å². The topological polar surface area (TPSA) is 66.5 Å². The lowest BCUT2D eigenvalue weighted by molar-refractivity contribution is -0.122. The van der Waals surface area contributed by atoms with E-state index in [1.807, 2.05) is 39.8 Å². The molecule has 1 saturated heterocycles. The van der Waals surface area contributed by atoms with E-state index in [2.05, 4.69) is 5.32 Å². The van der Waals surface area contributed by atoms with E-state index in [9.17, 15) is 13.2 Å². The molecule has 1 aromatic carbocycles. The molecule has 1 aliphatic heterocycles. The minimum atomic E-state index is -3.49. The standard InChI is InChI=1S/C20H32N2O3S/c1-16-8-10-18(11-9-16)26(24,25)22-14-6-5-7-17(22)12-13-21-19(23)15-20(2,3)4/h8-11,17H,5-7,12-15H2,1-4H3,(H,21,23). The minimum absolute atomic E-state index is 0.0289. The summed E-state index contributed by atoms with van der Waals surface area (Å²) < 4.78 is 27.7. The van der Waals surface area contributed by atoms with E-state index in [-0.39, 0.29) is 17.4 Å². The molecule has 5 nitrogen and oxygen atoms in total. The summed E-state index contributed by atoms with van der Waals surface area (Å²) >= 11 is 0. The van der Waals surface area contributed by atoms with E-state index in [1.165, 1.54) is 0 Å². The highest BCUT2D eigenvalue weighted by Gasteiger charge is 2.33. The van der Waals surface area contributed by atoms with Gasteiger partial charge in [-0.3, -0.25) is 4.79 Å². The largest absolute Gasteiger partial charge is 0.356 e. The Hall–Kier alpha value is -1.40. The quantitative estimate of drug-likeness (QED) is 0.822. The first kappa shape index (κ1) is 20.9. The van der Waals surface area contributed by atoms with Gasteiger partial charge in [0.1, 0.15) is 0 Å². The third-order valence-corrected chi connectivity index (χ3v) is 6.66. The average molecular weight is 381 g/mol. The number of sulfonamides is 1. The van der Waals surface area contributed by atoms with E-state index in [4.69, 9.17) is 0 Å². The molecule has 1 unspecified atom stereocenters. The van der Waals surface area contributed by atoms with Crippen LogP contribution in [0.4, 0.5) is 0 Å².